The molecule has 4 aliphatic rings. The Labute approximate surface area is 122 Å². The lowest BCUT2D eigenvalue weighted by Gasteiger charge is -2.67. The van der Waals surface area contributed by atoms with E-state index in [4.69, 9.17) is 4.42 Å². The van der Waals surface area contributed by atoms with Gasteiger partial charge in [0.05, 0.1) is 12.3 Å². The fraction of sp³-hybridized carbons (Fsp3) is 0.778. The summed E-state index contributed by atoms with van der Waals surface area (Å²) in [6.07, 6.45) is 10.3. The second-order valence-corrected chi connectivity index (χ2v) is 8.73. The SMILES string of the molecule is CNC(c1ccco1)C12CC3CC(C)(CC(C)(C3)C1)C2. The maximum atomic E-state index is 5.78. The van der Waals surface area contributed by atoms with Crippen LogP contribution in [0.5, 0.6) is 0 Å². The Hall–Kier alpha value is -0.760. The summed E-state index contributed by atoms with van der Waals surface area (Å²) in [7, 11) is 2.11. The lowest BCUT2D eigenvalue weighted by atomic mass is 9.39. The normalized spacial score (nSPS) is 47.6. The highest BCUT2D eigenvalue weighted by Gasteiger charge is 2.62. The third-order valence-corrected chi connectivity index (χ3v) is 6.40. The van der Waals surface area contributed by atoms with Crippen molar-refractivity contribution in [3.63, 3.8) is 0 Å². The highest BCUT2D eigenvalue weighted by atomic mass is 16.3. The molecular formula is C18H27NO. The fourth-order valence-corrected chi connectivity index (χ4v) is 7.06. The van der Waals surface area contributed by atoms with Crippen molar-refractivity contribution in [2.24, 2.45) is 22.2 Å². The lowest BCUT2D eigenvalue weighted by molar-refractivity contribution is -0.160. The van der Waals surface area contributed by atoms with Gasteiger partial charge in [0.1, 0.15) is 5.76 Å². The summed E-state index contributed by atoms with van der Waals surface area (Å²) in [6.45, 7) is 5.08. The van der Waals surface area contributed by atoms with Crippen LogP contribution in [-0.4, -0.2) is 7.05 Å². The molecule has 4 saturated carbocycles. The molecule has 0 radical (unpaired) electrons. The highest BCUT2D eigenvalue weighted by molar-refractivity contribution is 5.18. The van der Waals surface area contributed by atoms with Gasteiger partial charge >= 0.3 is 0 Å². The van der Waals surface area contributed by atoms with Gasteiger partial charge in [-0.25, -0.2) is 0 Å². The van der Waals surface area contributed by atoms with E-state index in [1.807, 2.05) is 12.3 Å². The number of rotatable bonds is 3. The van der Waals surface area contributed by atoms with Crippen molar-refractivity contribution in [3.05, 3.63) is 24.2 Å². The molecule has 5 rings (SSSR count). The van der Waals surface area contributed by atoms with E-state index in [2.05, 4.69) is 32.3 Å². The topological polar surface area (TPSA) is 25.2 Å². The van der Waals surface area contributed by atoms with Gasteiger partial charge in [-0.1, -0.05) is 13.8 Å². The molecule has 1 aromatic rings. The Morgan fingerprint density at radius 1 is 1.15 bits per heavy atom. The Kier molecular flexibility index (Phi) is 2.53. The van der Waals surface area contributed by atoms with Crippen molar-refractivity contribution >= 4 is 0 Å². The van der Waals surface area contributed by atoms with Crippen LogP contribution in [0.3, 0.4) is 0 Å². The second kappa shape index (κ2) is 3.91. The van der Waals surface area contributed by atoms with Crippen LogP contribution >= 0.6 is 0 Å². The third kappa shape index (κ3) is 1.73. The van der Waals surface area contributed by atoms with Crippen molar-refractivity contribution in [1.29, 1.82) is 0 Å². The summed E-state index contributed by atoms with van der Waals surface area (Å²) in [5, 5.41) is 3.60. The fourth-order valence-electron chi connectivity index (χ4n) is 7.06. The number of hydrogen-bond donors (Lipinski definition) is 1. The summed E-state index contributed by atoms with van der Waals surface area (Å²) in [5.41, 5.74) is 1.54. The van der Waals surface area contributed by atoms with Gasteiger partial charge in [-0.15, -0.1) is 0 Å². The van der Waals surface area contributed by atoms with E-state index < -0.39 is 0 Å². The first kappa shape index (κ1) is 12.9. The molecule has 2 nitrogen and oxygen atoms in total. The minimum Gasteiger partial charge on any atom is -0.468 e. The van der Waals surface area contributed by atoms with Gasteiger partial charge in [0, 0.05) is 0 Å². The van der Waals surface area contributed by atoms with Crippen LogP contribution in [0.1, 0.15) is 64.2 Å². The molecule has 0 spiro atoms. The molecule has 3 unspecified atom stereocenters. The van der Waals surface area contributed by atoms with E-state index in [9.17, 15) is 0 Å². The van der Waals surface area contributed by atoms with Crippen LogP contribution in [0.2, 0.25) is 0 Å². The Morgan fingerprint density at radius 3 is 2.35 bits per heavy atom. The first-order valence-corrected chi connectivity index (χ1v) is 8.17. The van der Waals surface area contributed by atoms with Gasteiger partial charge in [0.25, 0.3) is 0 Å². The van der Waals surface area contributed by atoms with Crippen LogP contribution in [-0.2, 0) is 0 Å². The van der Waals surface area contributed by atoms with Gasteiger partial charge in [0.2, 0.25) is 0 Å². The summed E-state index contributed by atoms with van der Waals surface area (Å²) >= 11 is 0. The standard InChI is InChI=1S/C18H27NO/c1-16-7-13-8-17(2,10-16)12-18(9-13,11-16)15(19-3)14-5-4-6-20-14/h4-6,13,15,19H,7-12H2,1-3H3. The average molecular weight is 273 g/mol. The maximum absolute atomic E-state index is 5.78. The van der Waals surface area contributed by atoms with Crippen LogP contribution in [0, 0.1) is 22.2 Å². The molecule has 4 bridgehead atoms. The van der Waals surface area contributed by atoms with Gasteiger partial charge in [0.15, 0.2) is 0 Å². The smallest absolute Gasteiger partial charge is 0.121 e. The monoisotopic (exact) mass is 273 g/mol. The van der Waals surface area contributed by atoms with Gasteiger partial charge in [-0.3, -0.25) is 0 Å². The number of nitrogens with one attached hydrogen (secondary N) is 1. The van der Waals surface area contributed by atoms with E-state index in [1.54, 1.807) is 0 Å². The van der Waals surface area contributed by atoms with Crippen molar-refractivity contribution < 1.29 is 4.42 Å². The summed E-state index contributed by atoms with van der Waals surface area (Å²) in [4.78, 5) is 0. The van der Waals surface area contributed by atoms with Crippen LogP contribution in [0.15, 0.2) is 22.8 Å². The molecule has 1 N–H and O–H groups in total. The molecule has 0 amide bonds. The van der Waals surface area contributed by atoms with Crippen molar-refractivity contribution in [3.8, 4) is 0 Å². The van der Waals surface area contributed by atoms with Crippen molar-refractivity contribution in [1.82, 2.24) is 5.32 Å². The molecule has 4 aliphatic carbocycles. The van der Waals surface area contributed by atoms with E-state index >= 15 is 0 Å². The van der Waals surface area contributed by atoms with Gasteiger partial charge in [-0.2, -0.15) is 0 Å². The zero-order valence-electron chi connectivity index (χ0n) is 13.0. The Balaban J connectivity index is 1.76. The summed E-state index contributed by atoms with van der Waals surface area (Å²) < 4.78 is 5.78. The van der Waals surface area contributed by atoms with E-state index in [-0.39, 0.29) is 0 Å². The predicted molar refractivity (Wildman–Crippen MR) is 80.3 cm³/mol. The number of hydrogen-bond acceptors (Lipinski definition) is 2. The molecule has 110 valence electrons. The molecule has 0 aromatic carbocycles. The van der Waals surface area contributed by atoms with E-state index in [0.717, 1.165) is 11.7 Å². The second-order valence-electron chi connectivity index (χ2n) is 8.73. The average Bonchev–Trinajstić information content (AvgIpc) is 2.77. The minimum atomic E-state index is 0.388. The molecule has 2 heteroatoms. The molecular weight excluding hydrogens is 246 g/mol. The first-order chi connectivity index (χ1) is 9.46. The molecule has 1 heterocycles. The van der Waals surface area contributed by atoms with E-state index in [1.165, 1.54) is 38.5 Å². The number of furan rings is 1. The van der Waals surface area contributed by atoms with Crippen LogP contribution in [0.25, 0.3) is 0 Å². The molecule has 4 fully saturated rings. The van der Waals surface area contributed by atoms with Gasteiger partial charge in [-0.05, 0) is 79.9 Å². The van der Waals surface area contributed by atoms with Crippen LogP contribution < -0.4 is 5.32 Å². The largest absolute Gasteiger partial charge is 0.468 e. The summed E-state index contributed by atoms with van der Waals surface area (Å²) in [6, 6.07) is 4.58. The lowest BCUT2D eigenvalue weighted by Crippen LogP contribution is -2.58. The molecule has 0 aliphatic heterocycles. The van der Waals surface area contributed by atoms with Crippen molar-refractivity contribution in [2.75, 3.05) is 7.05 Å². The first-order valence-electron chi connectivity index (χ1n) is 8.17. The summed E-state index contributed by atoms with van der Waals surface area (Å²) in [5.74, 6) is 2.08. The quantitative estimate of drug-likeness (QED) is 0.875. The van der Waals surface area contributed by atoms with Gasteiger partial charge < -0.3 is 9.73 Å². The molecule has 20 heavy (non-hydrogen) atoms. The maximum Gasteiger partial charge on any atom is 0.121 e. The van der Waals surface area contributed by atoms with Crippen LogP contribution in [0.4, 0.5) is 0 Å². The third-order valence-electron chi connectivity index (χ3n) is 6.40. The zero-order chi connectivity index (χ0) is 14.0. The molecule has 3 atom stereocenters. The molecule has 1 aromatic heterocycles. The Morgan fingerprint density at radius 2 is 1.85 bits per heavy atom. The highest BCUT2D eigenvalue weighted by Crippen LogP contribution is 2.72. The predicted octanol–water partition coefficient (Wildman–Crippen LogP) is 4.54. The zero-order valence-corrected chi connectivity index (χ0v) is 13.0. The van der Waals surface area contributed by atoms with Crippen molar-refractivity contribution in [2.45, 2.75) is 58.4 Å². The van der Waals surface area contributed by atoms with E-state index in [0.29, 0.717) is 22.3 Å². The minimum absolute atomic E-state index is 0.388. The Bertz CT molecular complexity index is 487. The molecule has 0 saturated heterocycles.